The Bertz CT molecular complexity index is 1100. The van der Waals surface area contributed by atoms with E-state index in [4.69, 9.17) is 19.6 Å². The van der Waals surface area contributed by atoms with Crippen molar-refractivity contribution >= 4 is 11.9 Å². The van der Waals surface area contributed by atoms with Gasteiger partial charge in [0.15, 0.2) is 23.0 Å². The maximum Gasteiger partial charge on any atom is 0.387 e. The van der Waals surface area contributed by atoms with E-state index in [1.807, 2.05) is 0 Å². The maximum absolute atomic E-state index is 13.5. The van der Waals surface area contributed by atoms with Gasteiger partial charge in [0.2, 0.25) is 5.89 Å². The number of ether oxygens (including phenoxy) is 3. The van der Waals surface area contributed by atoms with Crippen LogP contribution in [0.3, 0.4) is 0 Å². The van der Waals surface area contributed by atoms with Crippen LogP contribution in [0.4, 0.5) is 8.78 Å². The van der Waals surface area contributed by atoms with Crippen LogP contribution in [0, 0.1) is 5.92 Å². The molecule has 0 spiro atoms. The number of rotatable bonds is 10. The summed E-state index contributed by atoms with van der Waals surface area (Å²) in [5.41, 5.74) is 6.48. The van der Waals surface area contributed by atoms with Gasteiger partial charge in [-0.15, -0.1) is 0 Å². The number of likely N-dealkylation sites (tertiary alicyclic amines) is 1. The SMILES string of the molecule is CC(C)OC(=O)[C@@H]1CCCN1C(=O)c1nc(-c2ccc(OC(F)F)c(OCC3CC3)c2)oc1[C@H](C)N. The molecule has 1 aliphatic heterocycles. The minimum Gasteiger partial charge on any atom is -0.489 e. The van der Waals surface area contributed by atoms with Crippen molar-refractivity contribution in [2.45, 2.75) is 71.3 Å². The number of nitrogens with two attached hydrogens (primary N) is 1. The van der Waals surface area contributed by atoms with Crippen molar-refractivity contribution in [3.63, 3.8) is 0 Å². The van der Waals surface area contributed by atoms with Crippen LogP contribution in [-0.4, -0.2) is 53.7 Å². The zero-order valence-electron chi connectivity index (χ0n) is 20.5. The molecule has 1 saturated carbocycles. The Balaban J connectivity index is 1.63. The quantitative estimate of drug-likeness (QED) is 0.473. The highest BCUT2D eigenvalue weighted by Gasteiger charge is 2.39. The number of halogens is 2. The fourth-order valence-corrected chi connectivity index (χ4v) is 4.06. The maximum atomic E-state index is 13.5. The van der Waals surface area contributed by atoms with E-state index in [0.29, 0.717) is 37.5 Å². The van der Waals surface area contributed by atoms with Crippen molar-refractivity contribution in [3.05, 3.63) is 29.7 Å². The molecule has 0 bridgehead atoms. The van der Waals surface area contributed by atoms with Crippen LogP contribution in [0.25, 0.3) is 11.5 Å². The van der Waals surface area contributed by atoms with Gasteiger partial charge in [0.25, 0.3) is 5.91 Å². The molecule has 2 aliphatic rings. The topological polar surface area (TPSA) is 117 Å². The first kappa shape index (κ1) is 25.9. The first-order valence-electron chi connectivity index (χ1n) is 12.1. The zero-order chi connectivity index (χ0) is 26.0. The Morgan fingerprint density at radius 1 is 1.19 bits per heavy atom. The van der Waals surface area contributed by atoms with E-state index in [1.165, 1.54) is 23.1 Å². The van der Waals surface area contributed by atoms with E-state index in [1.54, 1.807) is 20.8 Å². The van der Waals surface area contributed by atoms with Gasteiger partial charge >= 0.3 is 12.6 Å². The lowest BCUT2D eigenvalue weighted by atomic mass is 10.2. The molecule has 1 aliphatic carbocycles. The standard InChI is InChI=1S/C25H31F2N3O6/c1-13(2)34-24(32)17-5-4-10-30(17)23(31)20-21(14(3)28)36-22(29-20)16-8-9-18(35-25(26)27)19(11-16)33-12-15-6-7-15/h8-9,11,13-15,17,25H,4-7,10,12,28H2,1-3H3/t14-,17-/m0/s1. The fraction of sp³-hybridized carbons (Fsp3) is 0.560. The van der Waals surface area contributed by atoms with Gasteiger partial charge in [-0.2, -0.15) is 8.78 Å². The molecular weight excluding hydrogens is 476 g/mol. The zero-order valence-corrected chi connectivity index (χ0v) is 20.5. The molecule has 2 fully saturated rings. The van der Waals surface area contributed by atoms with Crippen LogP contribution in [0.5, 0.6) is 11.5 Å². The second kappa shape index (κ2) is 10.8. The van der Waals surface area contributed by atoms with Crippen LogP contribution in [-0.2, 0) is 9.53 Å². The number of oxazole rings is 1. The average Bonchev–Trinajstić information content (AvgIpc) is 3.31. The monoisotopic (exact) mass is 507 g/mol. The Hall–Kier alpha value is -3.21. The van der Waals surface area contributed by atoms with E-state index >= 15 is 0 Å². The van der Waals surface area contributed by atoms with Gasteiger partial charge in [0.05, 0.1) is 18.8 Å². The molecule has 2 aromatic rings. The lowest BCUT2D eigenvalue weighted by Crippen LogP contribution is -2.42. The molecule has 2 atom stereocenters. The molecule has 2 N–H and O–H groups in total. The minimum absolute atomic E-state index is 0.00222. The number of benzene rings is 1. The van der Waals surface area contributed by atoms with Crippen LogP contribution in [0.15, 0.2) is 22.6 Å². The average molecular weight is 508 g/mol. The first-order chi connectivity index (χ1) is 17.1. The van der Waals surface area contributed by atoms with Crippen molar-refractivity contribution in [2.75, 3.05) is 13.2 Å². The Labute approximate surface area is 207 Å². The van der Waals surface area contributed by atoms with Crippen molar-refractivity contribution in [3.8, 4) is 23.0 Å². The number of alkyl halides is 2. The molecule has 196 valence electrons. The molecule has 36 heavy (non-hydrogen) atoms. The molecule has 2 heterocycles. The summed E-state index contributed by atoms with van der Waals surface area (Å²) in [5.74, 6) is -0.300. The summed E-state index contributed by atoms with van der Waals surface area (Å²) in [6.45, 7) is 2.89. The third kappa shape index (κ3) is 5.95. The predicted octanol–water partition coefficient (Wildman–Crippen LogP) is 4.31. The highest BCUT2D eigenvalue weighted by molar-refractivity contribution is 5.97. The largest absolute Gasteiger partial charge is 0.489 e. The molecular formula is C25H31F2N3O6. The molecule has 1 saturated heterocycles. The number of carbonyl (C=O) groups excluding carboxylic acids is 2. The van der Waals surface area contributed by atoms with Gasteiger partial charge < -0.3 is 29.3 Å². The van der Waals surface area contributed by atoms with Crippen LogP contribution >= 0.6 is 0 Å². The molecule has 4 rings (SSSR count). The van der Waals surface area contributed by atoms with E-state index in [-0.39, 0.29) is 34.9 Å². The lowest BCUT2D eigenvalue weighted by Gasteiger charge is -2.23. The predicted molar refractivity (Wildman–Crippen MR) is 125 cm³/mol. The normalized spacial score (nSPS) is 18.6. The molecule has 0 radical (unpaired) electrons. The summed E-state index contributed by atoms with van der Waals surface area (Å²) in [4.78, 5) is 31.8. The third-order valence-electron chi connectivity index (χ3n) is 5.99. The number of hydrogen-bond acceptors (Lipinski definition) is 8. The smallest absolute Gasteiger partial charge is 0.387 e. The summed E-state index contributed by atoms with van der Waals surface area (Å²) in [6.07, 6.45) is 2.88. The first-order valence-corrected chi connectivity index (χ1v) is 12.1. The number of nitrogens with zero attached hydrogens (tertiary/aromatic N) is 2. The summed E-state index contributed by atoms with van der Waals surface area (Å²) in [5, 5.41) is 0. The second-order valence-corrected chi connectivity index (χ2v) is 9.46. The Morgan fingerprint density at radius 2 is 1.94 bits per heavy atom. The van der Waals surface area contributed by atoms with Gasteiger partial charge in [-0.25, -0.2) is 9.78 Å². The summed E-state index contributed by atoms with van der Waals surface area (Å²) < 4.78 is 47.3. The highest BCUT2D eigenvalue weighted by Crippen LogP contribution is 2.37. The Morgan fingerprint density at radius 3 is 2.58 bits per heavy atom. The number of amides is 1. The van der Waals surface area contributed by atoms with Gasteiger partial charge in [0.1, 0.15) is 6.04 Å². The highest BCUT2D eigenvalue weighted by atomic mass is 19.3. The molecule has 11 heteroatoms. The third-order valence-corrected chi connectivity index (χ3v) is 5.99. The molecule has 9 nitrogen and oxygen atoms in total. The van der Waals surface area contributed by atoms with Gasteiger partial charge in [-0.1, -0.05) is 0 Å². The lowest BCUT2D eigenvalue weighted by molar-refractivity contribution is -0.152. The Kier molecular flexibility index (Phi) is 7.77. The fourth-order valence-electron chi connectivity index (χ4n) is 4.06. The van der Waals surface area contributed by atoms with E-state index in [9.17, 15) is 18.4 Å². The molecule has 1 aromatic heterocycles. The van der Waals surface area contributed by atoms with E-state index in [2.05, 4.69) is 9.72 Å². The van der Waals surface area contributed by atoms with Crippen LogP contribution < -0.4 is 15.2 Å². The van der Waals surface area contributed by atoms with Crippen molar-refractivity contribution in [1.29, 1.82) is 0 Å². The van der Waals surface area contributed by atoms with Crippen LogP contribution in [0.1, 0.15) is 68.7 Å². The molecule has 1 aromatic carbocycles. The number of carbonyl (C=O) groups is 2. The van der Waals surface area contributed by atoms with Gasteiger partial charge in [-0.3, -0.25) is 4.79 Å². The second-order valence-electron chi connectivity index (χ2n) is 9.46. The molecule has 0 unspecified atom stereocenters. The summed E-state index contributed by atoms with van der Waals surface area (Å²) in [6, 6.07) is 2.95. The minimum atomic E-state index is -3.01. The van der Waals surface area contributed by atoms with Crippen molar-refractivity contribution in [2.24, 2.45) is 11.7 Å². The van der Waals surface area contributed by atoms with E-state index < -0.39 is 30.6 Å². The molecule has 1 amide bonds. The number of hydrogen-bond donors (Lipinski definition) is 1. The summed E-state index contributed by atoms with van der Waals surface area (Å²) in [7, 11) is 0. The number of aromatic nitrogens is 1. The van der Waals surface area contributed by atoms with Crippen LogP contribution in [0.2, 0.25) is 0 Å². The van der Waals surface area contributed by atoms with E-state index in [0.717, 1.165) is 12.8 Å². The summed E-state index contributed by atoms with van der Waals surface area (Å²) >= 11 is 0. The van der Waals surface area contributed by atoms with Crippen molar-refractivity contribution in [1.82, 2.24) is 9.88 Å². The number of esters is 1. The van der Waals surface area contributed by atoms with Gasteiger partial charge in [-0.05, 0) is 70.6 Å². The van der Waals surface area contributed by atoms with Gasteiger partial charge in [0, 0.05) is 12.1 Å². The van der Waals surface area contributed by atoms with Crippen molar-refractivity contribution < 1.29 is 37.0 Å².